The van der Waals surface area contributed by atoms with E-state index in [9.17, 15) is 0 Å². The highest BCUT2D eigenvalue weighted by Gasteiger charge is 2.51. The van der Waals surface area contributed by atoms with Gasteiger partial charge in [0.2, 0.25) is 0 Å². The van der Waals surface area contributed by atoms with Crippen molar-refractivity contribution in [2.45, 2.75) is 24.7 Å². The number of nitrogens with zero attached hydrogens (tertiary/aromatic N) is 1. The van der Waals surface area contributed by atoms with Crippen molar-refractivity contribution in [1.29, 1.82) is 0 Å². The Labute approximate surface area is 334 Å². The Morgan fingerprint density at radius 3 is 1.56 bits per heavy atom. The monoisotopic (exact) mass is 725 g/mol. The first-order valence-corrected chi connectivity index (χ1v) is 20.1. The molecule has 3 aliphatic carbocycles. The summed E-state index contributed by atoms with van der Waals surface area (Å²) < 4.78 is 0. The van der Waals surface area contributed by atoms with E-state index in [1.54, 1.807) is 0 Å². The molecular formula is C56H39N. The van der Waals surface area contributed by atoms with Crippen LogP contribution >= 0.6 is 0 Å². The fraction of sp³-hybridized carbons (Fsp3) is 0.0714. The molecule has 9 aromatic rings. The molecule has 1 heteroatoms. The van der Waals surface area contributed by atoms with Crippen molar-refractivity contribution in [1.82, 2.24) is 0 Å². The van der Waals surface area contributed by atoms with Crippen molar-refractivity contribution in [3.8, 4) is 44.5 Å². The van der Waals surface area contributed by atoms with Crippen LogP contribution in [0.4, 0.5) is 17.1 Å². The predicted octanol–water partition coefficient (Wildman–Crippen LogP) is 14.6. The smallest absolute Gasteiger partial charge is 0.0726 e. The highest BCUT2D eigenvalue weighted by atomic mass is 15.1. The van der Waals surface area contributed by atoms with Gasteiger partial charge < -0.3 is 4.90 Å². The topological polar surface area (TPSA) is 3.24 Å². The second-order valence-corrected chi connectivity index (χ2v) is 16.4. The number of anilines is 3. The first kappa shape index (κ1) is 32.3. The predicted molar refractivity (Wildman–Crippen MR) is 238 cm³/mol. The van der Waals surface area contributed by atoms with Crippen LogP contribution in [0.3, 0.4) is 0 Å². The van der Waals surface area contributed by atoms with Crippen molar-refractivity contribution >= 4 is 27.8 Å². The molecule has 0 aliphatic heterocycles. The number of para-hydroxylation sites is 1. The zero-order valence-corrected chi connectivity index (χ0v) is 32.0. The maximum Gasteiger partial charge on any atom is 0.0726 e. The molecule has 57 heavy (non-hydrogen) atoms. The second-order valence-electron chi connectivity index (χ2n) is 16.4. The van der Waals surface area contributed by atoms with Crippen LogP contribution in [0.1, 0.15) is 47.2 Å². The first-order valence-electron chi connectivity index (χ1n) is 20.1. The standard InChI is InChI=1S/C56H39N/c1-55(2)49-29-15-19-37-31-33-40(36-17-5-3-6-18-36)53(52(37)49)45-25-16-30-51(54(45)55)57(38-20-7-4-8-21-38)39-32-34-44-43-24-11-14-28-48(43)56(50(44)35-39)46-26-12-9-22-41(46)42-23-10-13-27-47(42)56/h3-35H,1-2H3. The average Bonchev–Trinajstić information content (AvgIpc) is 3.73. The summed E-state index contributed by atoms with van der Waals surface area (Å²) in [6.45, 7) is 4.85. The minimum Gasteiger partial charge on any atom is -0.310 e. The second kappa shape index (κ2) is 11.8. The van der Waals surface area contributed by atoms with Crippen LogP contribution in [0.25, 0.3) is 55.3 Å². The number of rotatable bonds is 4. The van der Waals surface area contributed by atoms with Crippen LogP contribution in [-0.4, -0.2) is 0 Å². The van der Waals surface area contributed by atoms with Crippen LogP contribution in [0.2, 0.25) is 0 Å². The van der Waals surface area contributed by atoms with Gasteiger partial charge in [0, 0.05) is 16.8 Å². The third kappa shape index (κ3) is 4.24. The van der Waals surface area contributed by atoms with E-state index in [1.807, 2.05) is 0 Å². The van der Waals surface area contributed by atoms with Gasteiger partial charge in [-0.25, -0.2) is 0 Å². The lowest BCUT2D eigenvalue weighted by Gasteiger charge is -2.40. The van der Waals surface area contributed by atoms with Crippen molar-refractivity contribution in [3.63, 3.8) is 0 Å². The van der Waals surface area contributed by atoms with E-state index >= 15 is 0 Å². The highest BCUT2D eigenvalue weighted by molar-refractivity contribution is 6.10. The molecule has 3 aliphatic rings. The molecule has 0 saturated heterocycles. The molecule has 0 radical (unpaired) electrons. The summed E-state index contributed by atoms with van der Waals surface area (Å²) in [7, 11) is 0. The summed E-state index contributed by atoms with van der Waals surface area (Å²) in [6.07, 6.45) is 0. The Kier molecular flexibility index (Phi) is 6.67. The average molecular weight is 726 g/mol. The lowest BCUT2D eigenvalue weighted by molar-refractivity contribution is 0.646. The summed E-state index contributed by atoms with van der Waals surface area (Å²) in [5.74, 6) is 0. The molecular weight excluding hydrogens is 687 g/mol. The van der Waals surface area contributed by atoms with Gasteiger partial charge >= 0.3 is 0 Å². The van der Waals surface area contributed by atoms with Gasteiger partial charge in [-0.2, -0.15) is 0 Å². The molecule has 0 aromatic heterocycles. The third-order valence-electron chi connectivity index (χ3n) is 13.2. The van der Waals surface area contributed by atoms with Crippen molar-refractivity contribution in [2.75, 3.05) is 4.90 Å². The molecule has 1 spiro atoms. The van der Waals surface area contributed by atoms with Gasteiger partial charge in [-0.1, -0.05) is 184 Å². The third-order valence-corrected chi connectivity index (χ3v) is 13.2. The Morgan fingerprint density at radius 2 is 0.895 bits per heavy atom. The molecule has 0 saturated carbocycles. The zero-order valence-electron chi connectivity index (χ0n) is 32.0. The molecule has 1 nitrogen and oxygen atoms in total. The minimum atomic E-state index is -0.425. The first-order chi connectivity index (χ1) is 28.1. The largest absolute Gasteiger partial charge is 0.310 e. The molecule has 0 N–H and O–H groups in total. The van der Waals surface area contributed by atoms with Crippen molar-refractivity contribution < 1.29 is 0 Å². The van der Waals surface area contributed by atoms with Gasteiger partial charge in [0.15, 0.2) is 0 Å². The van der Waals surface area contributed by atoms with E-state index in [0.717, 1.165) is 11.4 Å². The lowest BCUT2D eigenvalue weighted by Crippen LogP contribution is -2.28. The number of hydrogen-bond donors (Lipinski definition) is 0. The molecule has 12 rings (SSSR count). The fourth-order valence-corrected chi connectivity index (χ4v) is 11.0. The summed E-state index contributed by atoms with van der Waals surface area (Å²) in [5, 5.41) is 2.64. The molecule has 268 valence electrons. The minimum absolute atomic E-state index is 0.293. The summed E-state index contributed by atoms with van der Waals surface area (Å²) in [6, 6.07) is 74.9. The number of benzene rings is 9. The Hall–Kier alpha value is -6.96. The quantitative estimate of drug-likeness (QED) is 0.175. The summed E-state index contributed by atoms with van der Waals surface area (Å²) in [5.41, 5.74) is 21.3. The lowest BCUT2D eigenvalue weighted by atomic mass is 9.66. The number of hydrogen-bond acceptors (Lipinski definition) is 1. The van der Waals surface area contributed by atoms with E-state index in [0.29, 0.717) is 0 Å². The van der Waals surface area contributed by atoms with Gasteiger partial charge in [-0.05, 0) is 119 Å². The van der Waals surface area contributed by atoms with Crippen LogP contribution in [0, 0.1) is 0 Å². The molecule has 0 heterocycles. The van der Waals surface area contributed by atoms with Gasteiger partial charge in [0.05, 0.1) is 11.1 Å². The van der Waals surface area contributed by atoms with Gasteiger partial charge in [0.1, 0.15) is 0 Å². The molecule has 0 bridgehead atoms. The molecule has 0 atom stereocenters. The van der Waals surface area contributed by atoms with E-state index in [1.165, 1.54) is 94.3 Å². The van der Waals surface area contributed by atoms with Gasteiger partial charge in [-0.15, -0.1) is 0 Å². The highest BCUT2D eigenvalue weighted by Crippen LogP contribution is 2.64. The fourth-order valence-electron chi connectivity index (χ4n) is 11.0. The Balaban J connectivity index is 1.16. The zero-order chi connectivity index (χ0) is 37.9. The van der Waals surface area contributed by atoms with E-state index in [-0.39, 0.29) is 5.41 Å². The Bertz CT molecular complexity index is 3030. The molecule has 0 fully saturated rings. The van der Waals surface area contributed by atoms with Gasteiger partial charge in [0.25, 0.3) is 0 Å². The molecule has 0 amide bonds. The van der Waals surface area contributed by atoms with E-state index in [4.69, 9.17) is 0 Å². The molecule has 9 aromatic carbocycles. The van der Waals surface area contributed by atoms with E-state index in [2.05, 4.69) is 219 Å². The summed E-state index contributed by atoms with van der Waals surface area (Å²) >= 11 is 0. The SMILES string of the molecule is CC1(C)c2c(cccc2N(c2ccccc2)c2ccc3c(c2)C2(c4ccccc4-c4ccccc42)c2ccccc2-3)-c2c(-c3ccccc3)ccc3cccc1c23. The normalized spacial score (nSPS) is 14.4. The summed E-state index contributed by atoms with van der Waals surface area (Å²) in [4.78, 5) is 2.53. The van der Waals surface area contributed by atoms with Crippen LogP contribution in [0.15, 0.2) is 200 Å². The Morgan fingerprint density at radius 1 is 0.368 bits per heavy atom. The van der Waals surface area contributed by atoms with E-state index < -0.39 is 5.41 Å². The van der Waals surface area contributed by atoms with Crippen LogP contribution in [0.5, 0.6) is 0 Å². The van der Waals surface area contributed by atoms with Gasteiger partial charge in [-0.3, -0.25) is 0 Å². The van der Waals surface area contributed by atoms with Crippen LogP contribution in [-0.2, 0) is 10.8 Å². The maximum atomic E-state index is 2.53. The number of fused-ring (bicyclic) bond motifs is 12. The van der Waals surface area contributed by atoms with Crippen LogP contribution < -0.4 is 4.90 Å². The maximum absolute atomic E-state index is 2.53. The van der Waals surface area contributed by atoms with Crippen molar-refractivity contribution in [3.05, 3.63) is 234 Å². The molecule has 0 unspecified atom stereocenters. The van der Waals surface area contributed by atoms with Crippen molar-refractivity contribution in [2.24, 2.45) is 0 Å².